The first-order valence-electron chi connectivity index (χ1n) is 9.81. The number of nitrogens with zero attached hydrogens (tertiary/aromatic N) is 2. The van der Waals surface area contributed by atoms with E-state index < -0.39 is 0 Å². The second kappa shape index (κ2) is 9.24. The molecule has 0 unspecified atom stereocenters. The molecule has 3 rings (SSSR count). The minimum Gasteiger partial charge on any atom is -0.360 e. The molecule has 0 atom stereocenters. The zero-order valence-electron chi connectivity index (χ0n) is 16.3. The molecule has 0 saturated carbocycles. The van der Waals surface area contributed by atoms with Gasteiger partial charge in [-0.3, -0.25) is 9.59 Å². The molecule has 150 valence electrons. The lowest BCUT2D eigenvalue weighted by molar-refractivity contribution is -0.126. The van der Waals surface area contributed by atoms with Gasteiger partial charge < -0.3 is 14.7 Å². The lowest BCUT2D eigenvalue weighted by Crippen LogP contribution is -2.43. The number of aryl methyl sites for hydroxylation is 1. The van der Waals surface area contributed by atoms with Crippen molar-refractivity contribution in [1.82, 2.24) is 15.4 Å². The van der Waals surface area contributed by atoms with Gasteiger partial charge in [-0.1, -0.05) is 48.3 Å². The lowest BCUT2D eigenvalue weighted by Gasteiger charge is -2.31. The van der Waals surface area contributed by atoms with Crippen LogP contribution < -0.4 is 5.32 Å². The molecule has 7 heteroatoms. The lowest BCUT2D eigenvalue weighted by atomic mass is 9.95. The van der Waals surface area contributed by atoms with Crippen molar-refractivity contribution in [2.24, 2.45) is 5.92 Å². The van der Waals surface area contributed by atoms with Crippen molar-refractivity contribution in [3.63, 3.8) is 0 Å². The van der Waals surface area contributed by atoms with Crippen LogP contribution in [0.1, 0.15) is 48.7 Å². The maximum Gasteiger partial charge on any atom is 0.259 e. The Labute approximate surface area is 170 Å². The topological polar surface area (TPSA) is 75.4 Å². The van der Waals surface area contributed by atoms with Crippen molar-refractivity contribution in [2.75, 3.05) is 19.6 Å². The summed E-state index contributed by atoms with van der Waals surface area (Å²) in [7, 11) is 0. The van der Waals surface area contributed by atoms with Gasteiger partial charge in [-0.2, -0.15) is 0 Å². The summed E-state index contributed by atoms with van der Waals surface area (Å²) in [4.78, 5) is 27.2. The minimum absolute atomic E-state index is 0.0347. The Morgan fingerprint density at radius 1 is 1.29 bits per heavy atom. The predicted molar refractivity (Wildman–Crippen MR) is 108 cm³/mol. The first kappa shape index (κ1) is 20.4. The summed E-state index contributed by atoms with van der Waals surface area (Å²) in [6, 6.07) is 7.26. The summed E-state index contributed by atoms with van der Waals surface area (Å²) >= 11 is 6.29. The summed E-state index contributed by atoms with van der Waals surface area (Å²) in [6.45, 7) is 5.62. The van der Waals surface area contributed by atoms with E-state index in [0.717, 1.165) is 19.4 Å². The van der Waals surface area contributed by atoms with E-state index in [-0.39, 0.29) is 17.7 Å². The van der Waals surface area contributed by atoms with E-state index in [1.165, 1.54) is 0 Å². The molecule has 1 aliphatic rings. The average molecular weight is 404 g/mol. The number of aromatic nitrogens is 1. The van der Waals surface area contributed by atoms with Gasteiger partial charge in [-0.15, -0.1) is 0 Å². The molecule has 1 saturated heterocycles. The van der Waals surface area contributed by atoms with Crippen LogP contribution in [0.15, 0.2) is 28.8 Å². The highest BCUT2D eigenvalue weighted by molar-refractivity contribution is 6.33. The van der Waals surface area contributed by atoms with Gasteiger partial charge in [0.1, 0.15) is 17.0 Å². The van der Waals surface area contributed by atoms with Gasteiger partial charge in [0.05, 0.1) is 5.02 Å². The third kappa shape index (κ3) is 4.38. The normalized spacial score (nSPS) is 14.9. The molecule has 6 nitrogen and oxygen atoms in total. The first-order valence-corrected chi connectivity index (χ1v) is 10.2. The standard InChI is InChI=1S/C21H26ClN3O3/c1-3-4-11-23-20(26)15-9-12-25(13-10-15)21(27)18-14(2)28-24-19(18)16-7-5-6-8-17(16)22/h5-8,15H,3-4,9-13H2,1-2H3,(H,23,26). The molecule has 1 aliphatic heterocycles. The number of likely N-dealkylation sites (tertiary alicyclic amines) is 1. The monoisotopic (exact) mass is 403 g/mol. The maximum atomic E-state index is 13.2. The Morgan fingerprint density at radius 2 is 2.00 bits per heavy atom. The second-order valence-corrected chi connectivity index (χ2v) is 7.56. The second-order valence-electron chi connectivity index (χ2n) is 7.15. The van der Waals surface area contributed by atoms with E-state index >= 15 is 0 Å². The van der Waals surface area contributed by atoms with Gasteiger partial charge in [-0.05, 0) is 32.3 Å². The number of benzene rings is 1. The van der Waals surface area contributed by atoms with E-state index in [2.05, 4.69) is 17.4 Å². The molecular formula is C21H26ClN3O3. The Hall–Kier alpha value is -2.34. The highest BCUT2D eigenvalue weighted by Gasteiger charge is 2.31. The molecule has 2 amide bonds. The Kier molecular flexibility index (Phi) is 6.73. The molecule has 1 N–H and O–H groups in total. The summed E-state index contributed by atoms with van der Waals surface area (Å²) < 4.78 is 5.31. The fourth-order valence-electron chi connectivity index (χ4n) is 3.50. The number of rotatable bonds is 6. The van der Waals surface area contributed by atoms with E-state index in [0.29, 0.717) is 53.5 Å². The molecule has 28 heavy (non-hydrogen) atoms. The molecule has 0 aliphatic carbocycles. The molecule has 0 spiro atoms. The van der Waals surface area contributed by atoms with Gasteiger partial charge in [0.15, 0.2) is 0 Å². The van der Waals surface area contributed by atoms with Crippen molar-refractivity contribution in [3.05, 3.63) is 40.6 Å². The van der Waals surface area contributed by atoms with E-state index in [9.17, 15) is 9.59 Å². The molecule has 1 fully saturated rings. The molecule has 0 radical (unpaired) electrons. The van der Waals surface area contributed by atoms with Crippen LogP contribution >= 0.6 is 11.6 Å². The van der Waals surface area contributed by atoms with Crippen LogP contribution in [-0.2, 0) is 4.79 Å². The van der Waals surface area contributed by atoms with Gasteiger partial charge in [0.2, 0.25) is 5.91 Å². The fraction of sp³-hybridized carbons (Fsp3) is 0.476. The van der Waals surface area contributed by atoms with E-state index in [1.807, 2.05) is 18.2 Å². The van der Waals surface area contributed by atoms with Crippen LogP contribution in [-0.4, -0.2) is 41.5 Å². The van der Waals surface area contributed by atoms with Gasteiger partial charge in [0, 0.05) is 31.1 Å². The molecule has 2 aromatic rings. The number of unbranched alkanes of at least 4 members (excludes halogenated alkanes) is 1. The van der Waals surface area contributed by atoms with Crippen molar-refractivity contribution < 1.29 is 14.1 Å². The zero-order chi connectivity index (χ0) is 20.1. The van der Waals surface area contributed by atoms with Gasteiger partial charge >= 0.3 is 0 Å². The van der Waals surface area contributed by atoms with Crippen molar-refractivity contribution >= 4 is 23.4 Å². The molecular weight excluding hydrogens is 378 g/mol. The molecule has 2 heterocycles. The van der Waals surface area contributed by atoms with Crippen LogP contribution in [0, 0.1) is 12.8 Å². The minimum atomic E-state index is -0.126. The number of amides is 2. The Balaban J connectivity index is 1.69. The number of carbonyl (C=O) groups excluding carboxylic acids is 2. The number of hydrogen-bond acceptors (Lipinski definition) is 4. The van der Waals surface area contributed by atoms with E-state index in [1.54, 1.807) is 17.9 Å². The highest BCUT2D eigenvalue weighted by Crippen LogP contribution is 2.32. The van der Waals surface area contributed by atoms with Crippen molar-refractivity contribution in [1.29, 1.82) is 0 Å². The largest absolute Gasteiger partial charge is 0.360 e. The van der Waals surface area contributed by atoms with Crippen LogP contribution in [0.5, 0.6) is 0 Å². The van der Waals surface area contributed by atoms with Crippen LogP contribution in [0.4, 0.5) is 0 Å². The van der Waals surface area contributed by atoms with E-state index in [4.69, 9.17) is 16.1 Å². The van der Waals surface area contributed by atoms with Gasteiger partial charge in [-0.25, -0.2) is 0 Å². The summed E-state index contributed by atoms with van der Waals surface area (Å²) in [5.41, 5.74) is 1.58. The van der Waals surface area contributed by atoms with Crippen LogP contribution in [0.25, 0.3) is 11.3 Å². The SMILES string of the molecule is CCCCNC(=O)C1CCN(C(=O)c2c(-c3ccccc3Cl)noc2C)CC1. The summed E-state index contributed by atoms with van der Waals surface area (Å²) in [5.74, 6) is 0.406. The fourth-order valence-corrected chi connectivity index (χ4v) is 3.72. The number of hydrogen-bond donors (Lipinski definition) is 1. The molecule has 1 aromatic heterocycles. The number of halogens is 1. The quantitative estimate of drug-likeness (QED) is 0.737. The predicted octanol–water partition coefficient (Wildman–Crippen LogP) is 4.07. The third-order valence-electron chi connectivity index (χ3n) is 5.19. The number of carbonyl (C=O) groups is 2. The summed E-state index contributed by atoms with van der Waals surface area (Å²) in [6.07, 6.45) is 3.37. The zero-order valence-corrected chi connectivity index (χ0v) is 17.1. The third-order valence-corrected chi connectivity index (χ3v) is 5.52. The number of piperidine rings is 1. The molecule has 1 aromatic carbocycles. The van der Waals surface area contributed by atoms with Crippen LogP contribution in [0.2, 0.25) is 5.02 Å². The first-order chi connectivity index (χ1) is 13.5. The number of nitrogens with one attached hydrogen (secondary N) is 1. The average Bonchev–Trinajstić information content (AvgIpc) is 3.09. The Bertz CT molecular complexity index is 841. The molecule has 0 bridgehead atoms. The van der Waals surface area contributed by atoms with Gasteiger partial charge in [0.25, 0.3) is 5.91 Å². The Morgan fingerprint density at radius 3 is 2.68 bits per heavy atom. The maximum absolute atomic E-state index is 13.2. The smallest absolute Gasteiger partial charge is 0.259 e. The van der Waals surface area contributed by atoms with Crippen molar-refractivity contribution in [2.45, 2.75) is 39.5 Å². The highest BCUT2D eigenvalue weighted by atomic mass is 35.5. The van der Waals surface area contributed by atoms with Crippen LogP contribution in [0.3, 0.4) is 0 Å². The summed E-state index contributed by atoms with van der Waals surface area (Å²) in [5, 5.41) is 7.59. The van der Waals surface area contributed by atoms with Crippen molar-refractivity contribution in [3.8, 4) is 11.3 Å².